The van der Waals surface area contributed by atoms with Crippen LogP contribution in [0.4, 0.5) is 0 Å². The molecule has 17 heavy (non-hydrogen) atoms. The van der Waals surface area contributed by atoms with Crippen LogP contribution >= 0.6 is 0 Å². The number of carboxylic acid groups (broad SMARTS) is 1. The second kappa shape index (κ2) is 7.10. The monoisotopic (exact) mass is 234 g/mol. The first-order valence-corrected chi connectivity index (χ1v) is 6.48. The number of carboxylic acids is 1. The first-order valence-electron chi connectivity index (χ1n) is 6.48. The molecule has 1 rings (SSSR count). The molecule has 2 nitrogen and oxygen atoms in total. The molecule has 0 aromatic heterocycles. The molecule has 1 N–H and O–H groups in total. The van der Waals surface area contributed by atoms with Crippen molar-refractivity contribution in [1.82, 2.24) is 0 Å². The average Bonchev–Trinajstić information content (AvgIpc) is 2.28. The van der Waals surface area contributed by atoms with Gasteiger partial charge in [0.05, 0.1) is 5.56 Å². The van der Waals surface area contributed by atoms with Crippen molar-refractivity contribution in [3.05, 3.63) is 34.9 Å². The minimum Gasteiger partial charge on any atom is -0.478 e. The molecule has 1 aromatic carbocycles. The zero-order valence-electron chi connectivity index (χ0n) is 10.8. The average molecular weight is 234 g/mol. The minimum absolute atomic E-state index is 0.464. The van der Waals surface area contributed by atoms with Gasteiger partial charge in [0.15, 0.2) is 0 Å². The maximum Gasteiger partial charge on any atom is 0.335 e. The van der Waals surface area contributed by atoms with E-state index in [0.717, 1.165) is 24.0 Å². The standard InChI is InChI=1S/C15H22O2/c1-3-4-5-6-7-8-13-11-12(2)9-10-14(13)15(16)17/h9-11H,3-8H2,1-2H3,(H,16,17). The summed E-state index contributed by atoms with van der Waals surface area (Å²) in [5.74, 6) is -0.812. The lowest BCUT2D eigenvalue weighted by atomic mass is 9.98. The van der Waals surface area contributed by atoms with Crippen LogP contribution in [0.3, 0.4) is 0 Å². The Bertz CT molecular complexity index is 369. The molecule has 0 bridgehead atoms. The fourth-order valence-corrected chi connectivity index (χ4v) is 2.06. The first kappa shape index (κ1) is 13.8. The summed E-state index contributed by atoms with van der Waals surface area (Å²) in [6, 6.07) is 5.59. The Morgan fingerprint density at radius 1 is 1.18 bits per heavy atom. The molecule has 0 aliphatic rings. The first-order chi connectivity index (χ1) is 8.15. The summed E-state index contributed by atoms with van der Waals surface area (Å²) in [6.45, 7) is 4.20. The van der Waals surface area contributed by atoms with E-state index < -0.39 is 5.97 Å². The Morgan fingerprint density at radius 3 is 2.53 bits per heavy atom. The number of benzene rings is 1. The molecular formula is C15H22O2. The molecule has 2 heteroatoms. The molecule has 0 amide bonds. The van der Waals surface area contributed by atoms with Crippen molar-refractivity contribution >= 4 is 5.97 Å². The van der Waals surface area contributed by atoms with Gasteiger partial charge in [0, 0.05) is 0 Å². The molecule has 0 spiro atoms. The van der Waals surface area contributed by atoms with Crippen LogP contribution in [0.25, 0.3) is 0 Å². The predicted octanol–water partition coefficient (Wildman–Crippen LogP) is 4.21. The summed E-state index contributed by atoms with van der Waals surface area (Å²) in [7, 11) is 0. The number of hydrogen-bond donors (Lipinski definition) is 1. The molecule has 0 aliphatic carbocycles. The van der Waals surface area contributed by atoms with Crippen LogP contribution in [-0.4, -0.2) is 11.1 Å². The Hall–Kier alpha value is -1.31. The van der Waals surface area contributed by atoms with Crippen LogP contribution in [0, 0.1) is 6.92 Å². The summed E-state index contributed by atoms with van der Waals surface area (Å²) in [6.07, 6.45) is 6.94. The molecule has 1 aromatic rings. The van der Waals surface area contributed by atoms with Gasteiger partial charge in [0.2, 0.25) is 0 Å². The summed E-state index contributed by atoms with van der Waals surface area (Å²) in [5, 5.41) is 9.10. The van der Waals surface area contributed by atoms with E-state index in [2.05, 4.69) is 6.92 Å². The quantitative estimate of drug-likeness (QED) is 0.718. The molecule has 0 heterocycles. The lowest BCUT2D eigenvalue weighted by Crippen LogP contribution is -2.03. The van der Waals surface area contributed by atoms with E-state index >= 15 is 0 Å². The largest absolute Gasteiger partial charge is 0.478 e. The summed E-state index contributed by atoms with van der Waals surface area (Å²) < 4.78 is 0. The maximum atomic E-state index is 11.1. The van der Waals surface area contributed by atoms with Gasteiger partial charge in [-0.2, -0.15) is 0 Å². The molecule has 0 radical (unpaired) electrons. The fourth-order valence-electron chi connectivity index (χ4n) is 2.06. The molecule has 0 unspecified atom stereocenters. The van der Waals surface area contributed by atoms with Gasteiger partial charge in [-0.25, -0.2) is 4.79 Å². The number of rotatable bonds is 7. The third-order valence-electron chi connectivity index (χ3n) is 3.04. The number of hydrogen-bond acceptors (Lipinski definition) is 1. The van der Waals surface area contributed by atoms with Gasteiger partial charge in [-0.15, -0.1) is 0 Å². The Balaban J connectivity index is 2.56. The molecular weight excluding hydrogens is 212 g/mol. The third-order valence-corrected chi connectivity index (χ3v) is 3.04. The highest BCUT2D eigenvalue weighted by atomic mass is 16.4. The molecule has 0 atom stereocenters. The lowest BCUT2D eigenvalue weighted by Gasteiger charge is -2.07. The van der Waals surface area contributed by atoms with Crippen LogP contribution in [0.5, 0.6) is 0 Å². The van der Waals surface area contributed by atoms with Gasteiger partial charge >= 0.3 is 5.97 Å². The summed E-state index contributed by atoms with van der Waals surface area (Å²) in [4.78, 5) is 11.1. The molecule has 0 saturated carbocycles. The van der Waals surface area contributed by atoms with Gasteiger partial charge < -0.3 is 5.11 Å². The van der Waals surface area contributed by atoms with Crippen molar-refractivity contribution in [2.45, 2.75) is 52.4 Å². The van der Waals surface area contributed by atoms with Gasteiger partial charge in [-0.1, -0.05) is 50.3 Å². The number of aryl methyl sites for hydroxylation is 2. The highest BCUT2D eigenvalue weighted by molar-refractivity contribution is 5.89. The zero-order chi connectivity index (χ0) is 12.7. The fraction of sp³-hybridized carbons (Fsp3) is 0.533. The highest BCUT2D eigenvalue weighted by Crippen LogP contribution is 2.16. The van der Waals surface area contributed by atoms with Crippen molar-refractivity contribution in [1.29, 1.82) is 0 Å². The summed E-state index contributed by atoms with van der Waals surface area (Å²) >= 11 is 0. The van der Waals surface area contributed by atoms with Crippen LogP contribution in [0.1, 0.15) is 60.5 Å². The van der Waals surface area contributed by atoms with Crippen LogP contribution in [-0.2, 0) is 6.42 Å². The van der Waals surface area contributed by atoms with Crippen molar-refractivity contribution in [3.8, 4) is 0 Å². The van der Waals surface area contributed by atoms with E-state index in [1.807, 2.05) is 19.1 Å². The topological polar surface area (TPSA) is 37.3 Å². The molecule has 94 valence electrons. The predicted molar refractivity (Wildman–Crippen MR) is 70.6 cm³/mol. The van der Waals surface area contributed by atoms with E-state index in [1.165, 1.54) is 25.7 Å². The van der Waals surface area contributed by atoms with E-state index in [-0.39, 0.29) is 0 Å². The third kappa shape index (κ3) is 4.59. The van der Waals surface area contributed by atoms with E-state index in [9.17, 15) is 4.79 Å². The SMILES string of the molecule is CCCCCCCc1cc(C)ccc1C(=O)O. The smallest absolute Gasteiger partial charge is 0.335 e. The number of carbonyl (C=O) groups is 1. The van der Waals surface area contributed by atoms with E-state index in [4.69, 9.17) is 5.11 Å². The van der Waals surface area contributed by atoms with Crippen LogP contribution in [0.2, 0.25) is 0 Å². The van der Waals surface area contributed by atoms with Gasteiger partial charge in [-0.3, -0.25) is 0 Å². The Labute approximate surface area is 104 Å². The van der Waals surface area contributed by atoms with Crippen molar-refractivity contribution in [2.24, 2.45) is 0 Å². The highest BCUT2D eigenvalue weighted by Gasteiger charge is 2.09. The Morgan fingerprint density at radius 2 is 1.88 bits per heavy atom. The molecule has 0 saturated heterocycles. The minimum atomic E-state index is -0.812. The Kier molecular flexibility index (Phi) is 5.75. The molecule has 0 fully saturated rings. The van der Waals surface area contributed by atoms with Crippen molar-refractivity contribution in [3.63, 3.8) is 0 Å². The number of aromatic carboxylic acids is 1. The van der Waals surface area contributed by atoms with Crippen LogP contribution in [0.15, 0.2) is 18.2 Å². The maximum absolute atomic E-state index is 11.1. The van der Waals surface area contributed by atoms with Crippen molar-refractivity contribution < 1.29 is 9.90 Å². The van der Waals surface area contributed by atoms with Crippen molar-refractivity contribution in [2.75, 3.05) is 0 Å². The van der Waals surface area contributed by atoms with Gasteiger partial charge in [0.25, 0.3) is 0 Å². The summed E-state index contributed by atoms with van der Waals surface area (Å²) in [5.41, 5.74) is 2.58. The van der Waals surface area contributed by atoms with Crippen LogP contribution < -0.4 is 0 Å². The normalized spacial score (nSPS) is 10.5. The second-order valence-electron chi connectivity index (χ2n) is 4.63. The van der Waals surface area contributed by atoms with Gasteiger partial charge in [0.1, 0.15) is 0 Å². The lowest BCUT2D eigenvalue weighted by molar-refractivity contribution is 0.0695. The molecule has 0 aliphatic heterocycles. The number of unbranched alkanes of at least 4 members (excludes halogenated alkanes) is 4. The zero-order valence-corrected chi connectivity index (χ0v) is 10.8. The van der Waals surface area contributed by atoms with Gasteiger partial charge in [-0.05, 0) is 31.4 Å². The van der Waals surface area contributed by atoms with E-state index in [1.54, 1.807) is 6.07 Å². The van der Waals surface area contributed by atoms with E-state index in [0.29, 0.717) is 5.56 Å². The second-order valence-corrected chi connectivity index (χ2v) is 4.63.